The van der Waals surface area contributed by atoms with Crippen LogP contribution in [0.2, 0.25) is 0 Å². The Kier molecular flexibility index (Phi) is 5.79. The zero-order valence-corrected chi connectivity index (χ0v) is 7.67. The van der Waals surface area contributed by atoms with E-state index in [0.29, 0.717) is 0 Å². The highest BCUT2D eigenvalue weighted by Crippen LogP contribution is 1.96. The molecule has 0 aromatic carbocycles. The minimum absolute atomic E-state index is 0.00616. The quantitative estimate of drug-likeness (QED) is 0.621. The number of carboxylic acid groups (broad SMARTS) is 2. The minimum atomic E-state index is -0.971. The topological polar surface area (TPSA) is 83.8 Å². The highest BCUT2D eigenvalue weighted by molar-refractivity contribution is 7.80. The molecule has 0 unspecified atom stereocenters. The van der Waals surface area contributed by atoms with Crippen molar-refractivity contribution in [2.45, 2.75) is 19.3 Å². The lowest BCUT2D eigenvalue weighted by Gasteiger charge is -2.03. The van der Waals surface area contributed by atoms with Crippen molar-refractivity contribution >= 4 is 29.2 Å². The third-order valence-corrected chi connectivity index (χ3v) is 1.44. The molecule has 6 heteroatoms. The standard InChI is InChI=1S/C7H10O5S/c8-5(9)1-2-7(13)12-4-3-6(10)11/h1-4H2,(H,8,9)(H,10,11). The summed E-state index contributed by atoms with van der Waals surface area (Å²) < 4.78 is 4.79. The number of hydrogen-bond acceptors (Lipinski definition) is 4. The average molecular weight is 206 g/mol. The SMILES string of the molecule is O=C(O)CCOC(=S)CCC(=O)O. The van der Waals surface area contributed by atoms with Gasteiger partial charge in [-0.05, 0) is 12.2 Å². The van der Waals surface area contributed by atoms with E-state index in [0.717, 1.165) is 0 Å². The molecule has 0 amide bonds. The Morgan fingerprint density at radius 2 is 1.62 bits per heavy atom. The van der Waals surface area contributed by atoms with Gasteiger partial charge in [0, 0.05) is 6.42 Å². The molecule has 13 heavy (non-hydrogen) atoms. The minimum Gasteiger partial charge on any atom is -0.486 e. The molecule has 0 rings (SSSR count). The van der Waals surface area contributed by atoms with E-state index in [1.54, 1.807) is 0 Å². The van der Waals surface area contributed by atoms with Gasteiger partial charge in [0.15, 0.2) is 5.05 Å². The van der Waals surface area contributed by atoms with E-state index in [1.807, 2.05) is 0 Å². The number of thiocarbonyl (C=S) groups is 1. The van der Waals surface area contributed by atoms with E-state index in [2.05, 4.69) is 12.2 Å². The fourth-order valence-electron chi connectivity index (χ4n) is 0.533. The summed E-state index contributed by atoms with van der Waals surface area (Å²) >= 11 is 4.65. The lowest BCUT2D eigenvalue weighted by Crippen LogP contribution is -2.09. The Hall–Kier alpha value is -1.17. The van der Waals surface area contributed by atoms with E-state index < -0.39 is 11.9 Å². The third-order valence-electron chi connectivity index (χ3n) is 1.12. The normalized spacial score (nSPS) is 9.23. The van der Waals surface area contributed by atoms with Crippen LogP contribution in [-0.2, 0) is 14.3 Å². The van der Waals surface area contributed by atoms with Crippen molar-refractivity contribution in [3.63, 3.8) is 0 Å². The largest absolute Gasteiger partial charge is 0.486 e. The van der Waals surface area contributed by atoms with Crippen molar-refractivity contribution < 1.29 is 24.5 Å². The first-order valence-electron chi connectivity index (χ1n) is 3.61. The average Bonchev–Trinajstić information content (AvgIpc) is 2.00. The molecule has 0 atom stereocenters. The van der Waals surface area contributed by atoms with Crippen molar-refractivity contribution in [1.29, 1.82) is 0 Å². The van der Waals surface area contributed by atoms with Crippen LogP contribution in [0.5, 0.6) is 0 Å². The van der Waals surface area contributed by atoms with E-state index in [9.17, 15) is 9.59 Å². The summed E-state index contributed by atoms with van der Waals surface area (Å²) in [6.45, 7) is -0.00616. The van der Waals surface area contributed by atoms with E-state index in [-0.39, 0.29) is 30.9 Å². The molecule has 5 nitrogen and oxygen atoms in total. The monoisotopic (exact) mass is 206 g/mol. The first-order chi connectivity index (χ1) is 6.02. The molecule has 2 N–H and O–H groups in total. The highest BCUT2D eigenvalue weighted by Gasteiger charge is 2.03. The Balaban J connectivity index is 3.41. The summed E-state index contributed by atoms with van der Waals surface area (Å²) in [5.74, 6) is -1.93. The fraction of sp³-hybridized carbons (Fsp3) is 0.571. The molecule has 0 radical (unpaired) electrons. The molecule has 0 aromatic rings. The van der Waals surface area contributed by atoms with Gasteiger partial charge in [-0.3, -0.25) is 9.59 Å². The van der Waals surface area contributed by atoms with Gasteiger partial charge in [-0.1, -0.05) is 0 Å². The van der Waals surface area contributed by atoms with Gasteiger partial charge < -0.3 is 14.9 Å². The first kappa shape index (κ1) is 11.8. The highest BCUT2D eigenvalue weighted by atomic mass is 32.1. The van der Waals surface area contributed by atoms with Crippen LogP contribution in [0.3, 0.4) is 0 Å². The molecule has 0 aliphatic carbocycles. The third kappa shape index (κ3) is 8.74. The van der Waals surface area contributed by atoms with Gasteiger partial charge in [0.25, 0.3) is 0 Å². The van der Waals surface area contributed by atoms with Crippen molar-refractivity contribution in [2.75, 3.05) is 6.61 Å². The summed E-state index contributed by atoms with van der Waals surface area (Å²) in [6, 6.07) is 0. The van der Waals surface area contributed by atoms with Crippen LogP contribution in [0.4, 0.5) is 0 Å². The Morgan fingerprint density at radius 1 is 1.08 bits per heavy atom. The van der Waals surface area contributed by atoms with Crippen LogP contribution < -0.4 is 0 Å². The van der Waals surface area contributed by atoms with Crippen LogP contribution in [0.15, 0.2) is 0 Å². The maximum atomic E-state index is 10.1. The van der Waals surface area contributed by atoms with Gasteiger partial charge in [-0.25, -0.2) is 0 Å². The maximum absolute atomic E-state index is 10.1. The molecule has 0 saturated heterocycles. The lowest BCUT2D eigenvalue weighted by atomic mass is 10.3. The van der Waals surface area contributed by atoms with Gasteiger partial charge in [0.1, 0.15) is 0 Å². The van der Waals surface area contributed by atoms with E-state index in [1.165, 1.54) is 0 Å². The molecule has 0 saturated carbocycles. The molecular weight excluding hydrogens is 196 g/mol. The number of rotatable bonds is 6. The van der Waals surface area contributed by atoms with Crippen molar-refractivity contribution in [1.82, 2.24) is 0 Å². The summed E-state index contributed by atoms with van der Waals surface area (Å²) in [5, 5.41) is 16.6. The van der Waals surface area contributed by atoms with Gasteiger partial charge in [-0.2, -0.15) is 0 Å². The molecule has 0 spiro atoms. The smallest absolute Gasteiger partial charge is 0.306 e. The first-order valence-corrected chi connectivity index (χ1v) is 4.02. The Labute approximate surface area is 80.3 Å². The molecule has 0 aromatic heterocycles. The van der Waals surface area contributed by atoms with E-state index in [4.69, 9.17) is 14.9 Å². The lowest BCUT2D eigenvalue weighted by molar-refractivity contribution is -0.138. The van der Waals surface area contributed by atoms with Crippen LogP contribution in [0, 0.1) is 0 Å². The second-order valence-electron chi connectivity index (χ2n) is 2.26. The number of carbonyl (C=O) groups is 2. The zero-order chi connectivity index (χ0) is 10.3. The van der Waals surface area contributed by atoms with Crippen LogP contribution in [0.25, 0.3) is 0 Å². The molecule has 0 aliphatic heterocycles. The molecule has 0 heterocycles. The van der Waals surface area contributed by atoms with Crippen LogP contribution in [0.1, 0.15) is 19.3 Å². The molecular formula is C7H10O5S. The van der Waals surface area contributed by atoms with E-state index >= 15 is 0 Å². The summed E-state index contributed by atoms with van der Waals surface area (Å²) in [4.78, 5) is 20.1. The van der Waals surface area contributed by atoms with Gasteiger partial charge in [0.2, 0.25) is 0 Å². The predicted molar refractivity (Wildman–Crippen MR) is 47.7 cm³/mol. The van der Waals surface area contributed by atoms with Gasteiger partial charge in [-0.15, -0.1) is 0 Å². The summed E-state index contributed by atoms with van der Waals surface area (Å²) in [6.07, 6.45) is -0.0800. The predicted octanol–water partition coefficient (Wildman–Crippen LogP) is 0.670. The fourth-order valence-corrected chi connectivity index (χ4v) is 0.719. The van der Waals surface area contributed by atoms with Crippen molar-refractivity contribution in [2.24, 2.45) is 0 Å². The number of hydrogen-bond donors (Lipinski definition) is 2. The Bertz CT molecular complexity index is 213. The second-order valence-corrected chi connectivity index (χ2v) is 2.71. The van der Waals surface area contributed by atoms with Gasteiger partial charge in [0.05, 0.1) is 19.4 Å². The van der Waals surface area contributed by atoms with Crippen LogP contribution >= 0.6 is 12.2 Å². The number of aliphatic carboxylic acids is 2. The molecule has 0 bridgehead atoms. The summed E-state index contributed by atoms with van der Waals surface area (Å²) in [7, 11) is 0. The second kappa shape index (κ2) is 6.36. The van der Waals surface area contributed by atoms with Crippen molar-refractivity contribution in [3.8, 4) is 0 Å². The van der Waals surface area contributed by atoms with Crippen molar-refractivity contribution in [3.05, 3.63) is 0 Å². The Morgan fingerprint density at radius 3 is 2.08 bits per heavy atom. The van der Waals surface area contributed by atoms with Crippen LogP contribution in [-0.4, -0.2) is 33.8 Å². The number of ether oxygens (including phenoxy) is 1. The molecule has 0 fully saturated rings. The molecule has 0 aliphatic rings. The summed E-state index contributed by atoms with van der Waals surface area (Å²) in [5.41, 5.74) is 0. The zero-order valence-electron chi connectivity index (χ0n) is 6.86. The maximum Gasteiger partial charge on any atom is 0.306 e. The molecule has 74 valence electrons. The van der Waals surface area contributed by atoms with Gasteiger partial charge >= 0.3 is 11.9 Å². The number of carboxylic acids is 2.